The van der Waals surface area contributed by atoms with Crippen LogP contribution in [0.1, 0.15) is 36.8 Å². The summed E-state index contributed by atoms with van der Waals surface area (Å²) in [6, 6.07) is 12.8. The Morgan fingerprint density at radius 3 is 2.57 bits per heavy atom. The minimum atomic E-state index is -0.527. The van der Waals surface area contributed by atoms with Gasteiger partial charge in [-0.1, -0.05) is 18.2 Å². The molecule has 2 aliphatic carbocycles. The van der Waals surface area contributed by atoms with Crippen LogP contribution in [0.25, 0.3) is 22.0 Å². The minimum absolute atomic E-state index is 0.142. The van der Waals surface area contributed by atoms with Crippen LogP contribution in [0.15, 0.2) is 47.6 Å². The molecular weight excluding hydrogens is 438 g/mol. The van der Waals surface area contributed by atoms with Crippen LogP contribution in [0, 0.1) is 18.8 Å². The summed E-state index contributed by atoms with van der Waals surface area (Å²) in [5.74, 6) is 1.83. The Hall–Kier alpha value is -3.48. The van der Waals surface area contributed by atoms with Crippen molar-refractivity contribution in [3.8, 4) is 11.1 Å². The fourth-order valence-corrected chi connectivity index (χ4v) is 5.66. The first kappa shape index (κ1) is 20.9. The predicted octanol–water partition coefficient (Wildman–Crippen LogP) is 3.54. The van der Waals surface area contributed by atoms with Crippen LogP contribution in [0.5, 0.6) is 0 Å². The van der Waals surface area contributed by atoms with Crippen LogP contribution in [0.3, 0.4) is 0 Å². The van der Waals surface area contributed by atoms with Crippen molar-refractivity contribution in [3.05, 3.63) is 53.7 Å². The molecule has 4 aliphatic rings. The molecule has 3 fully saturated rings. The average molecular weight is 468 g/mol. The molecule has 2 amide bonds. The van der Waals surface area contributed by atoms with Gasteiger partial charge < -0.3 is 4.90 Å². The first-order valence-corrected chi connectivity index (χ1v) is 12.7. The summed E-state index contributed by atoms with van der Waals surface area (Å²) in [6.07, 6.45) is 5.65. The van der Waals surface area contributed by atoms with Crippen molar-refractivity contribution in [2.75, 3.05) is 19.6 Å². The molecule has 0 radical (unpaired) electrons. The monoisotopic (exact) mass is 467 g/mol. The van der Waals surface area contributed by atoms with E-state index >= 15 is 0 Å². The number of benzene rings is 2. The number of hydrogen-bond acceptors (Lipinski definition) is 4. The van der Waals surface area contributed by atoms with Gasteiger partial charge in [-0.25, -0.2) is 0 Å². The number of nitrogens with zero attached hydrogens (tertiary/aromatic N) is 5. The highest BCUT2D eigenvalue weighted by molar-refractivity contribution is 6.16. The number of likely N-dealkylation sites (tertiary alicyclic amines) is 1. The summed E-state index contributed by atoms with van der Waals surface area (Å²) >= 11 is 0. The molecule has 0 N–H and O–H groups in total. The Morgan fingerprint density at radius 2 is 1.86 bits per heavy atom. The largest absolute Gasteiger partial charge is 0.342 e. The van der Waals surface area contributed by atoms with Crippen molar-refractivity contribution >= 4 is 28.6 Å². The number of hydrogen-bond donors (Lipinski definition) is 0. The van der Waals surface area contributed by atoms with Crippen molar-refractivity contribution in [2.24, 2.45) is 23.9 Å². The van der Waals surface area contributed by atoms with Crippen molar-refractivity contribution in [1.29, 1.82) is 0 Å². The number of aromatic nitrogens is 2. The van der Waals surface area contributed by atoms with Gasteiger partial charge >= 0.3 is 0 Å². The van der Waals surface area contributed by atoms with E-state index in [0.717, 1.165) is 72.2 Å². The van der Waals surface area contributed by atoms with Crippen LogP contribution < -0.4 is 0 Å². The van der Waals surface area contributed by atoms with Gasteiger partial charge in [0, 0.05) is 49.5 Å². The number of amidine groups is 1. The zero-order valence-corrected chi connectivity index (χ0v) is 20.2. The SMILES string of the molecule is Cc1cc(C2=NC3(CC3)C(=O)N2CC2CN(C(=O)C3CC3)C2)ccc1-c1ccc2c(cnn2C)c1. The Labute approximate surface area is 204 Å². The number of aliphatic imine (C=N–C) groups is 1. The highest BCUT2D eigenvalue weighted by Crippen LogP contribution is 2.46. The molecule has 1 aromatic heterocycles. The molecule has 0 bridgehead atoms. The molecule has 2 aromatic carbocycles. The highest BCUT2D eigenvalue weighted by Gasteiger charge is 2.58. The Balaban J connectivity index is 1.14. The molecule has 1 spiro atoms. The molecule has 35 heavy (non-hydrogen) atoms. The molecule has 7 nitrogen and oxygen atoms in total. The maximum Gasteiger partial charge on any atom is 0.256 e. The van der Waals surface area contributed by atoms with E-state index in [1.165, 1.54) is 5.56 Å². The topological polar surface area (TPSA) is 70.8 Å². The molecule has 3 aromatic rings. The molecule has 2 aliphatic heterocycles. The van der Waals surface area contributed by atoms with Gasteiger partial charge in [-0.2, -0.15) is 5.10 Å². The quantitative estimate of drug-likeness (QED) is 0.576. The lowest BCUT2D eigenvalue weighted by molar-refractivity contribution is -0.139. The fourth-order valence-electron chi connectivity index (χ4n) is 5.66. The average Bonchev–Trinajstić information content (AvgIpc) is 3.74. The van der Waals surface area contributed by atoms with Crippen LogP contribution in [0.4, 0.5) is 0 Å². The maximum absolute atomic E-state index is 13.3. The molecular formula is C28H29N5O2. The second-order valence-corrected chi connectivity index (χ2v) is 10.8. The molecule has 0 unspecified atom stereocenters. The maximum atomic E-state index is 13.3. The van der Waals surface area contributed by atoms with Crippen molar-refractivity contribution < 1.29 is 9.59 Å². The van der Waals surface area contributed by atoms with E-state index in [4.69, 9.17) is 4.99 Å². The van der Waals surface area contributed by atoms with Gasteiger partial charge in [0.25, 0.3) is 5.91 Å². The predicted molar refractivity (Wildman–Crippen MR) is 134 cm³/mol. The summed E-state index contributed by atoms with van der Waals surface area (Å²) in [5.41, 5.74) is 5.06. The number of aryl methyl sites for hydroxylation is 2. The molecule has 2 saturated carbocycles. The number of carbonyl (C=O) groups excluding carboxylic acids is 2. The third kappa shape index (κ3) is 3.32. The summed E-state index contributed by atoms with van der Waals surface area (Å²) in [5, 5.41) is 5.48. The lowest BCUT2D eigenvalue weighted by Gasteiger charge is -2.41. The van der Waals surface area contributed by atoms with E-state index in [9.17, 15) is 9.59 Å². The van der Waals surface area contributed by atoms with Crippen molar-refractivity contribution in [2.45, 2.75) is 38.1 Å². The summed E-state index contributed by atoms with van der Waals surface area (Å²) in [7, 11) is 1.95. The normalized spacial score (nSPS) is 21.1. The second kappa shape index (κ2) is 7.26. The zero-order chi connectivity index (χ0) is 23.9. The molecule has 3 heterocycles. The van der Waals surface area contributed by atoms with Crippen molar-refractivity contribution in [1.82, 2.24) is 19.6 Å². The first-order chi connectivity index (χ1) is 16.9. The second-order valence-electron chi connectivity index (χ2n) is 10.8. The first-order valence-electron chi connectivity index (χ1n) is 12.7. The molecule has 7 rings (SSSR count). The summed E-state index contributed by atoms with van der Waals surface area (Å²) in [6.45, 7) is 4.28. The van der Waals surface area contributed by atoms with Gasteiger partial charge in [-0.3, -0.25) is 24.2 Å². The van der Waals surface area contributed by atoms with E-state index < -0.39 is 5.54 Å². The molecule has 7 heteroatoms. The lowest BCUT2D eigenvalue weighted by Crippen LogP contribution is -2.55. The number of amides is 2. The van der Waals surface area contributed by atoms with E-state index in [1.807, 2.05) is 27.7 Å². The van der Waals surface area contributed by atoms with Crippen LogP contribution in [-0.2, 0) is 16.6 Å². The van der Waals surface area contributed by atoms with Gasteiger partial charge in [-0.05, 0) is 67.5 Å². The van der Waals surface area contributed by atoms with Crippen LogP contribution >= 0.6 is 0 Å². The minimum Gasteiger partial charge on any atom is -0.342 e. The van der Waals surface area contributed by atoms with Crippen LogP contribution in [0.2, 0.25) is 0 Å². The van der Waals surface area contributed by atoms with Crippen LogP contribution in [-0.4, -0.2) is 62.4 Å². The van der Waals surface area contributed by atoms with Crippen molar-refractivity contribution in [3.63, 3.8) is 0 Å². The summed E-state index contributed by atoms with van der Waals surface area (Å²) < 4.78 is 1.88. The summed E-state index contributed by atoms with van der Waals surface area (Å²) in [4.78, 5) is 34.4. The third-order valence-corrected chi connectivity index (χ3v) is 8.12. The van der Waals surface area contributed by atoms with E-state index in [1.54, 1.807) is 0 Å². The van der Waals surface area contributed by atoms with Gasteiger partial charge in [0.05, 0.1) is 11.7 Å². The third-order valence-electron chi connectivity index (χ3n) is 8.12. The van der Waals surface area contributed by atoms with Gasteiger partial charge in [0.1, 0.15) is 11.4 Å². The Bertz CT molecular complexity index is 1420. The van der Waals surface area contributed by atoms with Gasteiger partial charge in [-0.15, -0.1) is 0 Å². The Morgan fingerprint density at radius 1 is 1.09 bits per heavy atom. The highest BCUT2D eigenvalue weighted by atomic mass is 16.2. The number of fused-ring (bicyclic) bond motifs is 1. The fraction of sp³-hybridized carbons (Fsp3) is 0.429. The standard InChI is InChI=1S/C28H29N5O2/c1-17-11-21(5-7-23(17)20-6-8-24-22(12-20)13-29-31(24)2)25-30-28(9-10-28)27(35)33(25)16-18-14-32(15-18)26(34)19-3-4-19/h5-8,11-13,18-19H,3-4,9-10,14-16H2,1-2H3. The lowest BCUT2D eigenvalue weighted by atomic mass is 9.96. The Kier molecular flexibility index (Phi) is 4.33. The molecule has 1 saturated heterocycles. The smallest absolute Gasteiger partial charge is 0.256 e. The molecule has 0 atom stereocenters. The van der Waals surface area contributed by atoms with E-state index in [2.05, 4.69) is 48.4 Å². The number of rotatable bonds is 5. The number of carbonyl (C=O) groups is 2. The van der Waals surface area contributed by atoms with Gasteiger partial charge in [0.2, 0.25) is 5.91 Å². The van der Waals surface area contributed by atoms with E-state index in [0.29, 0.717) is 18.4 Å². The van der Waals surface area contributed by atoms with E-state index in [-0.39, 0.29) is 11.8 Å². The zero-order valence-electron chi connectivity index (χ0n) is 20.2. The van der Waals surface area contributed by atoms with Gasteiger partial charge in [0.15, 0.2) is 0 Å². The molecule has 178 valence electrons.